The summed E-state index contributed by atoms with van der Waals surface area (Å²) in [6.45, 7) is 8.11. The first-order valence-electron chi connectivity index (χ1n) is 5.33. The highest BCUT2D eigenvalue weighted by Gasteiger charge is 2.28. The lowest BCUT2D eigenvalue weighted by atomic mass is 10.0. The van der Waals surface area contributed by atoms with Gasteiger partial charge in [-0.3, -0.25) is 9.69 Å². The standard InChI is InChI=1S/C10H21N3O/c1-8(2)9(10(14)11-3)13-6-4-12-5-7-13/h8-9,12H,4-7H2,1-3H3,(H,11,14). The van der Waals surface area contributed by atoms with Gasteiger partial charge in [-0.25, -0.2) is 0 Å². The molecule has 1 saturated heterocycles. The molecule has 1 unspecified atom stereocenters. The number of nitrogens with one attached hydrogen (secondary N) is 2. The maximum atomic E-state index is 11.7. The third kappa shape index (κ3) is 2.69. The quantitative estimate of drug-likeness (QED) is 0.654. The third-order valence-corrected chi connectivity index (χ3v) is 2.69. The van der Waals surface area contributed by atoms with Gasteiger partial charge in [0.1, 0.15) is 0 Å². The summed E-state index contributed by atoms with van der Waals surface area (Å²) in [6, 6.07) is 0.0297. The number of nitrogens with zero attached hydrogens (tertiary/aromatic N) is 1. The van der Waals surface area contributed by atoms with Crippen molar-refractivity contribution in [2.24, 2.45) is 5.92 Å². The maximum absolute atomic E-state index is 11.7. The first kappa shape index (κ1) is 11.5. The van der Waals surface area contributed by atoms with Crippen LogP contribution in [0.25, 0.3) is 0 Å². The molecule has 1 aliphatic rings. The molecule has 0 bridgehead atoms. The molecule has 4 nitrogen and oxygen atoms in total. The molecule has 1 heterocycles. The highest BCUT2D eigenvalue weighted by molar-refractivity contribution is 5.81. The van der Waals surface area contributed by atoms with Crippen LogP contribution in [0.4, 0.5) is 0 Å². The molecule has 0 saturated carbocycles. The number of hydrogen-bond donors (Lipinski definition) is 2. The molecule has 0 radical (unpaired) electrons. The Hall–Kier alpha value is -0.610. The Morgan fingerprint density at radius 2 is 1.93 bits per heavy atom. The van der Waals surface area contributed by atoms with Gasteiger partial charge in [-0.2, -0.15) is 0 Å². The Morgan fingerprint density at radius 1 is 1.36 bits per heavy atom. The Bertz CT molecular complexity index is 188. The van der Waals surface area contributed by atoms with E-state index >= 15 is 0 Å². The van der Waals surface area contributed by atoms with Gasteiger partial charge < -0.3 is 10.6 Å². The van der Waals surface area contributed by atoms with Crippen LogP contribution in [0, 0.1) is 5.92 Å². The molecule has 1 fully saturated rings. The van der Waals surface area contributed by atoms with Crippen LogP contribution in [0.15, 0.2) is 0 Å². The van der Waals surface area contributed by atoms with Gasteiger partial charge in [-0.1, -0.05) is 13.8 Å². The van der Waals surface area contributed by atoms with Crippen molar-refractivity contribution in [2.45, 2.75) is 19.9 Å². The SMILES string of the molecule is CNC(=O)C(C(C)C)N1CCNCC1. The summed E-state index contributed by atoms with van der Waals surface area (Å²) < 4.78 is 0. The molecule has 1 atom stereocenters. The largest absolute Gasteiger partial charge is 0.358 e. The van der Waals surface area contributed by atoms with Crippen LogP contribution < -0.4 is 10.6 Å². The number of likely N-dealkylation sites (N-methyl/N-ethyl adjacent to an activating group) is 1. The predicted molar refractivity (Wildman–Crippen MR) is 57.1 cm³/mol. The molecule has 0 aliphatic carbocycles. The number of hydrogen-bond acceptors (Lipinski definition) is 3. The smallest absolute Gasteiger partial charge is 0.237 e. The van der Waals surface area contributed by atoms with Gasteiger partial charge >= 0.3 is 0 Å². The molecule has 0 aromatic heterocycles. The minimum Gasteiger partial charge on any atom is -0.358 e. The number of piperazine rings is 1. The van der Waals surface area contributed by atoms with Crippen molar-refractivity contribution in [1.82, 2.24) is 15.5 Å². The summed E-state index contributed by atoms with van der Waals surface area (Å²) in [4.78, 5) is 13.9. The van der Waals surface area contributed by atoms with Gasteiger partial charge in [0.15, 0.2) is 0 Å². The summed E-state index contributed by atoms with van der Waals surface area (Å²) in [5, 5.41) is 6.03. The van der Waals surface area contributed by atoms with Gasteiger partial charge in [0, 0.05) is 33.2 Å². The van der Waals surface area contributed by atoms with E-state index in [1.165, 1.54) is 0 Å². The fourth-order valence-electron chi connectivity index (χ4n) is 2.00. The topological polar surface area (TPSA) is 44.4 Å². The second kappa shape index (κ2) is 5.32. The molecule has 14 heavy (non-hydrogen) atoms. The first-order chi connectivity index (χ1) is 6.66. The van der Waals surface area contributed by atoms with E-state index in [0.29, 0.717) is 5.92 Å². The lowest BCUT2D eigenvalue weighted by Crippen LogP contribution is -2.55. The molecule has 0 aromatic carbocycles. The fourth-order valence-corrected chi connectivity index (χ4v) is 2.00. The monoisotopic (exact) mass is 199 g/mol. The Morgan fingerprint density at radius 3 is 2.36 bits per heavy atom. The van der Waals surface area contributed by atoms with E-state index in [2.05, 4.69) is 29.4 Å². The van der Waals surface area contributed by atoms with E-state index in [4.69, 9.17) is 0 Å². The summed E-state index contributed by atoms with van der Waals surface area (Å²) >= 11 is 0. The molecule has 1 rings (SSSR count). The zero-order valence-corrected chi connectivity index (χ0v) is 9.34. The zero-order chi connectivity index (χ0) is 10.6. The summed E-state index contributed by atoms with van der Waals surface area (Å²) in [5.74, 6) is 0.509. The number of carbonyl (C=O) groups excluding carboxylic acids is 1. The molecule has 82 valence electrons. The molecule has 2 N–H and O–H groups in total. The zero-order valence-electron chi connectivity index (χ0n) is 9.34. The molecule has 4 heteroatoms. The van der Waals surface area contributed by atoms with Crippen molar-refractivity contribution in [2.75, 3.05) is 33.2 Å². The summed E-state index contributed by atoms with van der Waals surface area (Å²) in [7, 11) is 1.71. The Balaban J connectivity index is 2.60. The van der Waals surface area contributed by atoms with Crippen LogP contribution in [0.5, 0.6) is 0 Å². The van der Waals surface area contributed by atoms with Crippen molar-refractivity contribution in [3.8, 4) is 0 Å². The molecule has 0 aromatic rings. The van der Waals surface area contributed by atoms with E-state index in [-0.39, 0.29) is 11.9 Å². The average molecular weight is 199 g/mol. The average Bonchev–Trinajstić information content (AvgIpc) is 2.19. The van der Waals surface area contributed by atoms with E-state index < -0.39 is 0 Å². The second-order valence-electron chi connectivity index (χ2n) is 4.09. The fraction of sp³-hybridized carbons (Fsp3) is 0.900. The first-order valence-corrected chi connectivity index (χ1v) is 5.33. The lowest BCUT2D eigenvalue weighted by Gasteiger charge is -2.35. The minimum absolute atomic E-state index is 0.0297. The van der Waals surface area contributed by atoms with E-state index in [1.54, 1.807) is 7.05 Å². The van der Waals surface area contributed by atoms with Crippen LogP contribution in [0.3, 0.4) is 0 Å². The van der Waals surface area contributed by atoms with Crippen LogP contribution in [0.1, 0.15) is 13.8 Å². The van der Waals surface area contributed by atoms with Gasteiger partial charge in [0.05, 0.1) is 6.04 Å². The van der Waals surface area contributed by atoms with Gasteiger partial charge in [-0.15, -0.1) is 0 Å². The lowest BCUT2D eigenvalue weighted by molar-refractivity contribution is -0.127. The van der Waals surface area contributed by atoms with Crippen LogP contribution >= 0.6 is 0 Å². The van der Waals surface area contributed by atoms with Crippen molar-refractivity contribution in [3.63, 3.8) is 0 Å². The van der Waals surface area contributed by atoms with Crippen LogP contribution in [0.2, 0.25) is 0 Å². The van der Waals surface area contributed by atoms with Crippen molar-refractivity contribution in [3.05, 3.63) is 0 Å². The van der Waals surface area contributed by atoms with Crippen LogP contribution in [-0.2, 0) is 4.79 Å². The highest BCUT2D eigenvalue weighted by atomic mass is 16.2. The highest BCUT2D eigenvalue weighted by Crippen LogP contribution is 2.11. The second-order valence-corrected chi connectivity index (χ2v) is 4.09. The van der Waals surface area contributed by atoms with E-state index in [9.17, 15) is 4.79 Å². The predicted octanol–water partition coefficient (Wildman–Crippen LogP) is -0.338. The third-order valence-electron chi connectivity index (χ3n) is 2.69. The van der Waals surface area contributed by atoms with E-state index in [0.717, 1.165) is 26.2 Å². The molecular weight excluding hydrogens is 178 g/mol. The number of rotatable bonds is 3. The Kier molecular flexibility index (Phi) is 4.35. The number of carbonyl (C=O) groups is 1. The number of amides is 1. The molecule has 0 spiro atoms. The molecule has 1 amide bonds. The van der Waals surface area contributed by atoms with Crippen molar-refractivity contribution in [1.29, 1.82) is 0 Å². The van der Waals surface area contributed by atoms with Gasteiger partial charge in [0.2, 0.25) is 5.91 Å². The van der Waals surface area contributed by atoms with Crippen molar-refractivity contribution < 1.29 is 4.79 Å². The normalized spacial score (nSPS) is 20.9. The van der Waals surface area contributed by atoms with Crippen molar-refractivity contribution >= 4 is 5.91 Å². The van der Waals surface area contributed by atoms with Gasteiger partial charge in [0.25, 0.3) is 0 Å². The Labute approximate surface area is 86.0 Å². The maximum Gasteiger partial charge on any atom is 0.237 e. The summed E-state index contributed by atoms with van der Waals surface area (Å²) in [5.41, 5.74) is 0. The minimum atomic E-state index is 0.0297. The van der Waals surface area contributed by atoms with Gasteiger partial charge in [-0.05, 0) is 5.92 Å². The molecule has 1 aliphatic heterocycles. The summed E-state index contributed by atoms with van der Waals surface area (Å²) in [6.07, 6.45) is 0. The molecular formula is C10H21N3O. The van der Waals surface area contributed by atoms with Crippen LogP contribution in [-0.4, -0.2) is 50.1 Å². The van der Waals surface area contributed by atoms with E-state index in [1.807, 2.05) is 0 Å².